The Bertz CT molecular complexity index is 991. The molecule has 0 saturated heterocycles. The molecular formula is C19H20N6O3S. The van der Waals surface area contributed by atoms with Crippen molar-refractivity contribution in [2.24, 2.45) is 0 Å². The normalized spacial score (nSPS) is 11.6. The molecule has 10 heteroatoms. The van der Waals surface area contributed by atoms with Crippen LogP contribution in [0.1, 0.15) is 6.92 Å². The fourth-order valence-corrected chi connectivity index (χ4v) is 3.35. The number of thioether (sulfide) groups is 1. The number of carbonyl (C=O) groups excluding carboxylic acids is 2. The highest BCUT2D eigenvalue weighted by molar-refractivity contribution is 8.00. The van der Waals surface area contributed by atoms with Gasteiger partial charge in [0.25, 0.3) is 0 Å². The molecule has 3 rings (SSSR count). The number of carbonyl (C=O) groups is 2. The lowest BCUT2D eigenvalue weighted by Crippen LogP contribution is -2.41. The van der Waals surface area contributed by atoms with E-state index in [2.05, 4.69) is 25.8 Å². The first-order valence-corrected chi connectivity index (χ1v) is 9.61. The van der Waals surface area contributed by atoms with Gasteiger partial charge in [0.15, 0.2) is 11.0 Å². The monoisotopic (exact) mass is 412 g/mol. The molecule has 1 aromatic carbocycles. The molecular weight excluding hydrogens is 392 g/mol. The molecule has 0 radical (unpaired) electrons. The maximum Gasteiger partial charge on any atom is 0.321 e. The number of benzene rings is 1. The predicted molar refractivity (Wildman–Crippen MR) is 109 cm³/mol. The number of hydrogen-bond acceptors (Lipinski definition) is 7. The summed E-state index contributed by atoms with van der Waals surface area (Å²) >= 11 is 1.20. The number of nitrogens with zero attached hydrogens (tertiary/aromatic N) is 4. The molecule has 9 nitrogen and oxygen atoms in total. The van der Waals surface area contributed by atoms with Crippen molar-refractivity contribution < 1.29 is 14.3 Å². The predicted octanol–water partition coefficient (Wildman–Crippen LogP) is 2.27. The van der Waals surface area contributed by atoms with Gasteiger partial charge in [-0.2, -0.15) is 0 Å². The van der Waals surface area contributed by atoms with Crippen molar-refractivity contribution in [2.75, 3.05) is 14.2 Å². The van der Waals surface area contributed by atoms with Gasteiger partial charge in [0.2, 0.25) is 5.91 Å². The van der Waals surface area contributed by atoms with Crippen LogP contribution < -0.4 is 15.4 Å². The summed E-state index contributed by atoms with van der Waals surface area (Å²) in [5.41, 5.74) is 1.64. The van der Waals surface area contributed by atoms with Crippen molar-refractivity contribution in [3.63, 3.8) is 0 Å². The van der Waals surface area contributed by atoms with E-state index < -0.39 is 17.2 Å². The summed E-state index contributed by atoms with van der Waals surface area (Å²) in [7, 11) is 3.05. The third-order valence-electron chi connectivity index (χ3n) is 4.02. The third kappa shape index (κ3) is 4.72. The molecule has 29 heavy (non-hydrogen) atoms. The highest BCUT2D eigenvalue weighted by atomic mass is 32.2. The van der Waals surface area contributed by atoms with Gasteiger partial charge >= 0.3 is 6.03 Å². The number of rotatable bonds is 6. The Balaban J connectivity index is 1.97. The zero-order chi connectivity index (χ0) is 20.8. The fourth-order valence-electron chi connectivity index (χ4n) is 2.49. The number of hydrogen-bond donors (Lipinski definition) is 2. The Morgan fingerprint density at radius 2 is 1.79 bits per heavy atom. The molecule has 2 N–H and O–H groups in total. The number of nitrogens with one attached hydrogen (secondary N) is 2. The van der Waals surface area contributed by atoms with Crippen molar-refractivity contribution in [3.8, 4) is 22.8 Å². The molecule has 3 amide bonds. The van der Waals surface area contributed by atoms with Crippen molar-refractivity contribution >= 4 is 23.7 Å². The van der Waals surface area contributed by atoms with E-state index in [1.165, 1.54) is 18.8 Å². The van der Waals surface area contributed by atoms with Crippen LogP contribution in [0.2, 0.25) is 0 Å². The Hall–Kier alpha value is -3.40. The maximum atomic E-state index is 12.2. The third-order valence-corrected chi connectivity index (χ3v) is 5.06. The van der Waals surface area contributed by atoms with Gasteiger partial charge in [-0.15, -0.1) is 10.2 Å². The molecule has 2 aromatic heterocycles. The average Bonchev–Trinajstić information content (AvgIpc) is 3.17. The van der Waals surface area contributed by atoms with Crippen molar-refractivity contribution in [1.82, 2.24) is 30.4 Å². The van der Waals surface area contributed by atoms with Crippen LogP contribution in [0.4, 0.5) is 4.79 Å². The maximum absolute atomic E-state index is 12.2. The molecule has 2 heterocycles. The molecule has 0 aliphatic carbocycles. The molecule has 0 saturated carbocycles. The number of aromatic nitrogens is 4. The van der Waals surface area contributed by atoms with Crippen LogP contribution in [-0.4, -0.2) is 51.1 Å². The lowest BCUT2D eigenvalue weighted by Gasteiger charge is -2.14. The van der Waals surface area contributed by atoms with Crippen LogP contribution in [0.3, 0.4) is 0 Å². The van der Waals surface area contributed by atoms with Gasteiger partial charge in [0.1, 0.15) is 5.75 Å². The Labute approximate surface area is 171 Å². The Kier molecular flexibility index (Phi) is 6.45. The second kappa shape index (κ2) is 9.20. The molecule has 0 aliphatic heterocycles. The zero-order valence-electron chi connectivity index (χ0n) is 16.1. The molecule has 150 valence electrons. The summed E-state index contributed by atoms with van der Waals surface area (Å²) in [5, 5.41) is 13.2. The minimum atomic E-state index is -0.571. The summed E-state index contributed by atoms with van der Waals surface area (Å²) in [6.07, 6.45) is 3.35. The van der Waals surface area contributed by atoms with Crippen molar-refractivity contribution in [1.29, 1.82) is 0 Å². The summed E-state index contributed by atoms with van der Waals surface area (Å²) in [6, 6.07) is 10.5. The standard InChI is InChI=1S/C19H20N6O3S/c1-12(17(26)22-18(27)20-2)29-19-24-23-16(13-8-10-21-11-9-13)25(19)14-4-6-15(28-3)7-5-14/h4-12H,1-3H3,(H2,20,22,26,27)/t12-/m1/s1. The molecule has 1 atom stereocenters. The minimum Gasteiger partial charge on any atom is -0.497 e. The highest BCUT2D eigenvalue weighted by Crippen LogP contribution is 2.30. The largest absolute Gasteiger partial charge is 0.497 e. The number of ether oxygens (including phenoxy) is 1. The van der Waals surface area contributed by atoms with E-state index in [9.17, 15) is 9.59 Å². The smallest absolute Gasteiger partial charge is 0.321 e. The molecule has 0 bridgehead atoms. The van der Waals surface area contributed by atoms with E-state index >= 15 is 0 Å². The average molecular weight is 412 g/mol. The van der Waals surface area contributed by atoms with E-state index in [1.54, 1.807) is 26.4 Å². The zero-order valence-corrected chi connectivity index (χ0v) is 16.9. The van der Waals surface area contributed by atoms with Crippen LogP contribution in [0.15, 0.2) is 53.9 Å². The van der Waals surface area contributed by atoms with Crippen LogP contribution in [0, 0.1) is 0 Å². The lowest BCUT2D eigenvalue weighted by molar-refractivity contribution is -0.119. The summed E-state index contributed by atoms with van der Waals surface area (Å²) in [5.74, 6) is 0.905. The number of imide groups is 1. The van der Waals surface area contributed by atoms with E-state index in [0.29, 0.717) is 11.0 Å². The van der Waals surface area contributed by atoms with Gasteiger partial charge in [0.05, 0.1) is 12.4 Å². The van der Waals surface area contributed by atoms with Gasteiger partial charge in [-0.05, 0) is 43.3 Å². The number of pyridine rings is 1. The van der Waals surface area contributed by atoms with Crippen LogP contribution in [0.25, 0.3) is 17.1 Å². The second-order valence-electron chi connectivity index (χ2n) is 5.90. The van der Waals surface area contributed by atoms with E-state index in [1.807, 2.05) is 41.0 Å². The van der Waals surface area contributed by atoms with Crippen molar-refractivity contribution in [3.05, 3.63) is 48.8 Å². The topological polar surface area (TPSA) is 111 Å². The minimum absolute atomic E-state index is 0.427. The van der Waals surface area contributed by atoms with Gasteiger partial charge in [-0.3, -0.25) is 19.7 Å². The quantitative estimate of drug-likeness (QED) is 0.598. The van der Waals surface area contributed by atoms with E-state index in [0.717, 1.165) is 17.0 Å². The van der Waals surface area contributed by atoms with Crippen LogP contribution >= 0.6 is 11.8 Å². The molecule has 3 aromatic rings. The molecule has 0 unspecified atom stereocenters. The molecule has 0 spiro atoms. The van der Waals surface area contributed by atoms with Gasteiger partial charge < -0.3 is 10.1 Å². The van der Waals surface area contributed by atoms with Crippen LogP contribution in [-0.2, 0) is 4.79 Å². The first-order chi connectivity index (χ1) is 14.0. The van der Waals surface area contributed by atoms with E-state index in [4.69, 9.17) is 4.74 Å². The summed E-state index contributed by atoms with van der Waals surface area (Å²) in [6.45, 7) is 1.70. The molecule has 0 fully saturated rings. The first kappa shape index (κ1) is 20.3. The van der Waals surface area contributed by atoms with Gasteiger partial charge in [-0.25, -0.2) is 4.79 Å². The first-order valence-electron chi connectivity index (χ1n) is 8.73. The fraction of sp³-hybridized carbons (Fsp3) is 0.211. The number of urea groups is 1. The highest BCUT2D eigenvalue weighted by Gasteiger charge is 2.22. The lowest BCUT2D eigenvalue weighted by atomic mass is 10.2. The Morgan fingerprint density at radius 1 is 1.10 bits per heavy atom. The number of methoxy groups -OCH3 is 1. The summed E-state index contributed by atoms with van der Waals surface area (Å²) < 4.78 is 7.08. The van der Waals surface area contributed by atoms with Crippen LogP contribution in [0.5, 0.6) is 5.75 Å². The Morgan fingerprint density at radius 3 is 2.41 bits per heavy atom. The van der Waals surface area contributed by atoms with E-state index in [-0.39, 0.29) is 0 Å². The van der Waals surface area contributed by atoms with Gasteiger partial charge in [-0.1, -0.05) is 11.8 Å². The second-order valence-corrected chi connectivity index (χ2v) is 7.21. The van der Waals surface area contributed by atoms with Crippen molar-refractivity contribution in [2.45, 2.75) is 17.3 Å². The van der Waals surface area contributed by atoms with Gasteiger partial charge in [0, 0.05) is 30.7 Å². The number of amides is 3. The molecule has 0 aliphatic rings. The SMILES string of the molecule is CNC(=O)NC(=O)[C@@H](C)Sc1nnc(-c2ccncc2)n1-c1ccc(OC)cc1. The summed E-state index contributed by atoms with van der Waals surface area (Å²) in [4.78, 5) is 27.7.